The van der Waals surface area contributed by atoms with E-state index in [1.807, 2.05) is 31.2 Å². The first kappa shape index (κ1) is 24.2. The van der Waals surface area contributed by atoms with Gasteiger partial charge in [0.1, 0.15) is 6.54 Å². The number of benzene rings is 3. The zero-order valence-electron chi connectivity index (χ0n) is 17.4. The molecule has 9 heteroatoms. The molecule has 0 heterocycles. The molecular formula is C23H21ClIN3O3S. The van der Waals surface area contributed by atoms with E-state index in [2.05, 4.69) is 33.1 Å². The van der Waals surface area contributed by atoms with Gasteiger partial charge in [-0.3, -0.25) is 9.10 Å². The first-order valence-corrected chi connectivity index (χ1v) is 12.5. The number of amides is 1. The van der Waals surface area contributed by atoms with Crippen LogP contribution in [0.4, 0.5) is 5.69 Å². The highest BCUT2D eigenvalue weighted by Crippen LogP contribution is 2.27. The van der Waals surface area contributed by atoms with E-state index in [1.165, 1.54) is 18.2 Å². The highest BCUT2D eigenvalue weighted by Gasteiger charge is 2.27. The van der Waals surface area contributed by atoms with Crippen LogP contribution in [0.15, 0.2) is 82.8 Å². The molecule has 0 unspecified atom stereocenters. The van der Waals surface area contributed by atoms with Gasteiger partial charge in [-0.1, -0.05) is 48.0 Å². The molecule has 1 N–H and O–H groups in total. The number of halogens is 2. The number of nitrogens with zero attached hydrogens (tertiary/aromatic N) is 2. The van der Waals surface area contributed by atoms with Gasteiger partial charge in [0, 0.05) is 8.59 Å². The number of hydrazone groups is 1. The van der Waals surface area contributed by atoms with Gasteiger partial charge < -0.3 is 0 Å². The van der Waals surface area contributed by atoms with Gasteiger partial charge in [0.2, 0.25) is 0 Å². The summed E-state index contributed by atoms with van der Waals surface area (Å²) in [7, 11) is -4.01. The van der Waals surface area contributed by atoms with Crippen LogP contribution in [-0.2, 0) is 14.8 Å². The number of sulfonamides is 1. The maximum absolute atomic E-state index is 13.3. The predicted octanol–water partition coefficient (Wildman–Crippen LogP) is 4.99. The summed E-state index contributed by atoms with van der Waals surface area (Å²) in [6, 6.07) is 20.5. The van der Waals surface area contributed by atoms with Crippen molar-refractivity contribution in [1.29, 1.82) is 0 Å². The van der Waals surface area contributed by atoms with Crippen molar-refractivity contribution in [2.75, 3.05) is 10.8 Å². The summed E-state index contributed by atoms with van der Waals surface area (Å²) in [5.74, 6) is -0.578. The second kappa shape index (κ2) is 10.5. The van der Waals surface area contributed by atoms with E-state index in [0.29, 0.717) is 10.7 Å². The molecule has 0 aliphatic rings. The zero-order chi connectivity index (χ0) is 23.3. The van der Waals surface area contributed by atoms with Crippen molar-refractivity contribution >= 4 is 61.5 Å². The van der Waals surface area contributed by atoms with E-state index in [-0.39, 0.29) is 10.6 Å². The van der Waals surface area contributed by atoms with Gasteiger partial charge in [-0.05, 0) is 84.0 Å². The van der Waals surface area contributed by atoms with E-state index < -0.39 is 22.5 Å². The lowest BCUT2D eigenvalue weighted by molar-refractivity contribution is -0.119. The Balaban J connectivity index is 1.88. The first-order valence-electron chi connectivity index (χ1n) is 9.61. The molecule has 166 valence electrons. The Bertz CT molecular complexity index is 1250. The number of hydrogen-bond acceptors (Lipinski definition) is 4. The summed E-state index contributed by atoms with van der Waals surface area (Å²) in [5, 5.41) is 4.53. The quantitative estimate of drug-likeness (QED) is 0.243. The van der Waals surface area contributed by atoms with Crippen molar-refractivity contribution in [3.63, 3.8) is 0 Å². The van der Waals surface area contributed by atoms with Crippen molar-refractivity contribution in [1.82, 2.24) is 5.43 Å². The van der Waals surface area contributed by atoms with E-state index in [9.17, 15) is 13.2 Å². The molecule has 0 fully saturated rings. The largest absolute Gasteiger partial charge is 0.271 e. The predicted molar refractivity (Wildman–Crippen MR) is 137 cm³/mol. The van der Waals surface area contributed by atoms with Gasteiger partial charge in [0.15, 0.2) is 0 Å². The molecular weight excluding hydrogens is 561 g/mol. The van der Waals surface area contributed by atoms with Crippen molar-refractivity contribution < 1.29 is 13.2 Å². The van der Waals surface area contributed by atoms with Crippen LogP contribution in [-0.4, -0.2) is 26.6 Å². The Morgan fingerprint density at radius 1 is 1.06 bits per heavy atom. The SMILES string of the molecule is C/C(=N/NC(=O)CN(c1ccc(C)c(Cl)c1)S(=O)(=O)c1ccccc1)c1ccc(I)cc1. The van der Waals surface area contributed by atoms with Crippen molar-refractivity contribution in [3.05, 3.63) is 92.5 Å². The molecule has 1 amide bonds. The summed E-state index contributed by atoms with van der Waals surface area (Å²) in [4.78, 5) is 12.8. The van der Waals surface area contributed by atoms with Gasteiger partial charge in [-0.2, -0.15) is 5.10 Å². The number of hydrogen-bond donors (Lipinski definition) is 1. The number of nitrogens with one attached hydrogen (secondary N) is 1. The average molecular weight is 582 g/mol. The Hall–Kier alpha value is -2.43. The van der Waals surface area contributed by atoms with Crippen LogP contribution in [0.25, 0.3) is 0 Å². The van der Waals surface area contributed by atoms with Crippen molar-refractivity contribution in [2.24, 2.45) is 5.10 Å². The lowest BCUT2D eigenvalue weighted by Crippen LogP contribution is -2.39. The topological polar surface area (TPSA) is 78.8 Å². The van der Waals surface area contributed by atoms with Crippen LogP contribution in [0, 0.1) is 10.5 Å². The summed E-state index contributed by atoms with van der Waals surface area (Å²) < 4.78 is 28.8. The second-order valence-electron chi connectivity index (χ2n) is 7.00. The van der Waals surface area contributed by atoms with Crippen LogP contribution >= 0.6 is 34.2 Å². The highest BCUT2D eigenvalue weighted by molar-refractivity contribution is 14.1. The van der Waals surface area contributed by atoms with Crippen molar-refractivity contribution in [2.45, 2.75) is 18.7 Å². The zero-order valence-corrected chi connectivity index (χ0v) is 21.1. The standard InChI is InChI=1S/C23H21ClIN3O3S/c1-16-8-13-20(14-22(16)24)28(32(30,31)21-6-4-3-5-7-21)15-23(29)27-26-17(2)18-9-11-19(25)12-10-18/h3-14H,15H2,1-2H3,(H,27,29)/b26-17-. The fourth-order valence-electron chi connectivity index (χ4n) is 2.84. The second-order valence-corrected chi connectivity index (χ2v) is 10.5. The van der Waals surface area contributed by atoms with Gasteiger partial charge >= 0.3 is 0 Å². The number of anilines is 1. The van der Waals surface area contributed by atoms with Crippen LogP contribution in [0.5, 0.6) is 0 Å². The minimum Gasteiger partial charge on any atom is -0.271 e. The third-order valence-electron chi connectivity index (χ3n) is 4.67. The Labute approximate surface area is 206 Å². The molecule has 0 radical (unpaired) electrons. The molecule has 32 heavy (non-hydrogen) atoms. The van der Waals surface area contributed by atoms with E-state index in [1.54, 1.807) is 37.3 Å². The molecule has 0 spiro atoms. The first-order chi connectivity index (χ1) is 15.2. The molecule has 0 bridgehead atoms. The summed E-state index contributed by atoms with van der Waals surface area (Å²) >= 11 is 8.43. The number of rotatable bonds is 7. The molecule has 3 aromatic carbocycles. The number of aryl methyl sites for hydroxylation is 1. The molecule has 0 aliphatic heterocycles. The van der Waals surface area contributed by atoms with E-state index in [4.69, 9.17) is 11.6 Å². The number of carbonyl (C=O) groups is 1. The number of carbonyl (C=O) groups excluding carboxylic acids is 1. The third-order valence-corrected chi connectivity index (χ3v) is 7.59. The highest BCUT2D eigenvalue weighted by atomic mass is 127. The fraction of sp³-hybridized carbons (Fsp3) is 0.130. The summed E-state index contributed by atoms with van der Waals surface area (Å²) in [6.07, 6.45) is 0. The molecule has 3 rings (SSSR count). The maximum Gasteiger partial charge on any atom is 0.264 e. The Kier molecular flexibility index (Phi) is 7.91. The Morgan fingerprint density at radius 2 is 1.72 bits per heavy atom. The molecule has 0 saturated carbocycles. The maximum atomic E-state index is 13.3. The summed E-state index contributed by atoms with van der Waals surface area (Å²) in [5.41, 5.74) is 5.00. The van der Waals surface area contributed by atoms with Crippen LogP contribution < -0.4 is 9.73 Å². The molecule has 0 aliphatic carbocycles. The summed E-state index contributed by atoms with van der Waals surface area (Å²) in [6.45, 7) is 3.12. The van der Waals surface area contributed by atoms with E-state index >= 15 is 0 Å². The van der Waals surface area contributed by atoms with E-state index in [0.717, 1.165) is 19.0 Å². The average Bonchev–Trinajstić information content (AvgIpc) is 2.78. The minimum absolute atomic E-state index is 0.0723. The van der Waals surface area contributed by atoms with Gasteiger partial charge in [0.25, 0.3) is 15.9 Å². The van der Waals surface area contributed by atoms with Crippen LogP contribution in [0.2, 0.25) is 5.02 Å². The lowest BCUT2D eigenvalue weighted by atomic mass is 10.1. The molecule has 3 aromatic rings. The Morgan fingerprint density at radius 3 is 2.34 bits per heavy atom. The normalized spacial score (nSPS) is 11.8. The van der Waals surface area contributed by atoms with Gasteiger partial charge in [-0.15, -0.1) is 0 Å². The molecule has 0 atom stereocenters. The lowest BCUT2D eigenvalue weighted by Gasteiger charge is -2.24. The van der Waals surface area contributed by atoms with Crippen molar-refractivity contribution in [3.8, 4) is 0 Å². The monoisotopic (exact) mass is 581 g/mol. The van der Waals surface area contributed by atoms with Crippen LogP contribution in [0.3, 0.4) is 0 Å². The minimum atomic E-state index is -4.01. The van der Waals surface area contributed by atoms with Gasteiger partial charge in [0.05, 0.1) is 16.3 Å². The van der Waals surface area contributed by atoms with Crippen LogP contribution in [0.1, 0.15) is 18.1 Å². The molecule has 0 saturated heterocycles. The molecule has 6 nitrogen and oxygen atoms in total. The smallest absolute Gasteiger partial charge is 0.264 e. The fourth-order valence-corrected chi connectivity index (χ4v) is 4.81. The molecule has 0 aromatic heterocycles. The van der Waals surface area contributed by atoms with Gasteiger partial charge in [-0.25, -0.2) is 13.8 Å². The third kappa shape index (κ3) is 5.87.